The Labute approximate surface area is 189 Å². The Bertz CT molecular complexity index is 1140. The number of nitriles is 1. The molecular formula is C23H21N3O3S2. The first kappa shape index (κ1) is 21.2. The molecule has 0 unspecified atom stereocenters. The van der Waals surface area contributed by atoms with Crippen LogP contribution >= 0.6 is 23.1 Å². The van der Waals surface area contributed by atoms with E-state index in [4.69, 9.17) is 9.47 Å². The summed E-state index contributed by atoms with van der Waals surface area (Å²) in [4.78, 5) is 20.6. The molecule has 1 aliphatic heterocycles. The molecule has 0 fully saturated rings. The summed E-state index contributed by atoms with van der Waals surface area (Å²) in [6.45, 7) is 5.24. The van der Waals surface area contributed by atoms with Gasteiger partial charge in [-0.2, -0.15) is 5.26 Å². The first-order valence-electron chi connectivity index (χ1n) is 9.78. The summed E-state index contributed by atoms with van der Waals surface area (Å²) in [5, 5.41) is 12.1. The number of hydrogen-bond donors (Lipinski definition) is 0. The van der Waals surface area contributed by atoms with E-state index in [1.54, 1.807) is 16.2 Å². The van der Waals surface area contributed by atoms with Crippen molar-refractivity contribution in [3.8, 4) is 17.6 Å². The molecule has 2 aromatic heterocycles. The topological polar surface area (TPSA) is 75.5 Å². The maximum Gasteiger partial charge on any atom is 0.237 e. The fourth-order valence-corrected chi connectivity index (χ4v) is 5.00. The van der Waals surface area contributed by atoms with Crippen LogP contribution in [0.3, 0.4) is 0 Å². The molecule has 1 amide bonds. The Kier molecular flexibility index (Phi) is 6.44. The highest BCUT2D eigenvalue weighted by Gasteiger charge is 2.21. The van der Waals surface area contributed by atoms with Gasteiger partial charge in [0.15, 0.2) is 11.5 Å². The van der Waals surface area contributed by atoms with Crippen LogP contribution in [0.15, 0.2) is 46.8 Å². The number of pyridine rings is 1. The van der Waals surface area contributed by atoms with Crippen LogP contribution < -0.4 is 14.4 Å². The van der Waals surface area contributed by atoms with E-state index in [1.165, 1.54) is 11.8 Å². The average Bonchev–Trinajstić information content (AvgIpc) is 3.28. The molecule has 0 atom stereocenters. The number of nitrogens with zero attached hydrogens (tertiary/aromatic N) is 3. The lowest BCUT2D eigenvalue weighted by Gasteiger charge is -2.25. The van der Waals surface area contributed by atoms with Gasteiger partial charge in [0.1, 0.15) is 24.3 Å². The molecule has 31 heavy (non-hydrogen) atoms. The summed E-state index contributed by atoms with van der Waals surface area (Å²) < 4.78 is 11.3. The van der Waals surface area contributed by atoms with E-state index in [2.05, 4.69) is 11.1 Å². The predicted molar refractivity (Wildman–Crippen MR) is 122 cm³/mol. The minimum atomic E-state index is -0.0695. The maximum absolute atomic E-state index is 13.3. The van der Waals surface area contributed by atoms with Gasteiger partial charge in [-0.05, 0) is 49.1 Å². The van der Waals surface area contributed by atoms with Crippen molar-refractivity contribution < 1.29 is 14.3 Å². The molecule has 0 aliphatic carbocycles. The molecule has 3 heterocycles. The van der Waals surface area contributed by atoms with E-state index in [0.717, 1.165) is 21.8 Å². The van der Waals surface area contributed by atoms with Crippen molar-refractivity contribution in [3.05, 3.63) is 63.5 Å². The number of benzene rings is 1. The summed E-state index contributed by atoms with van der Waals surface area (Å²) in [7, 11) is 0. The molecule has 4 rings (SSSR count). The number of aryl methyl sites for hydroxylation is 2. The van der Waals surface area contributed by atoms with Crippen LogP contribution in [0, 0.1) is 25.2 Å². The number of rotatable bonds is 6. The van der Waals surface area contributed by atoms with E-state index >= 15 is 0 Å². The summed E-state index contributed by atoms with van der Waals surface area (Å²) in [5.74, 6) is 1.43. The van der Waals surface area contributed by atoms with Crippen molar-refractivity contribution in [1.29, 1.82) is 5.26 Å². The zero-order chi connectivity index (χ0) is 21.8. The van der Waals surface area contributed by atoms with E-state index in [-0.39, 0.29) is 11.7 Å². The molecule has 0 spiro atoms. The van der Waals surface area contributed by atoms with Gasteiger partial charge in [-0.1, -0.05) is 17.8 Å². The Hall–Kier alpha value is -3.02. The number of thioether (sulfide) groups is 1. The zero-order valence-electron chi connectivity index (χ0n) is 17.3. The van der Waals surface area contributed by atoms with E-state index in [1.807, 2.05) is 55.6 Å². The second-order valence-electron chi connectivity index (χ2n) is 7.05. The number of ether oxygens (including phenoxy) is 2. The molecule has 0 N–H and O–H groups in total. The van der Waals surface area contributed by atoms with Crippen LogP contribution in [0.5, 0.6) is 11.5 Å². The SMILES string of the molecule is Cc1cc(C)c(C#N)c(SCC(=O)N(Cc2cccs2)c2ccc3c(c2)OCCO3)n1. The van der Waals surface area contributed by atoms with Gasteiger partial charge in [0.25, 0.3) is 0 Å². The van der Waals surface area contributed by atoms with Crippen molar-refractivity contribution in [2.24, 2.45) is 0 Å². The van der Waals surface area contributed by atoms with Gasteiger partial charge < -0.3 is 14.4 Å². The quantitative estimate of drug-likeness (QED) is 0.505. The normalized spacial score (nSPS) is 12.3. The number of carbonyl (C=O) groups excluding carboxylic acids is 1. The lowest BCUT2D eigenvalue weighted by Crippen LogP contribution is -2.32. The van der Waals surface area contributed by atoms with Crippen LogP contribution in [0.2, 0.25) is 0 Å². The summed E-state index contributed by atoms with van der Waals surface area (Å²) in [6, 6.07) is 13.6. The zero-order valence-corrected chi connectivity index (χ0v) is 18.9. The highest BCUT2D eigenvalue weighted by Crippen LogP contribution is 2.35. The van der Waals surface area contributed by atoms with Crippen LogP contribution in [0.1, 0.15) is 21.7 Å². The maximum atomic E-state index is 13.3. The molecule has 158 valence electrons. The monoisotopic (exact) mass is 451 g/mol. The highest BCUT2D eigenvalue weighted by atomic mass is 32.2. The van der Waals surface area contributed by atoms with E-state index < -0.39 is 0 Å². The standard InChI is InChI=1S/C23H21N3O3S2/c1-15-10-16(2)25-23(19(15)12-24)31-14-22(27)26(13-18-4-3-9-30-18)17-5-6-20-21(11-17)29-8-7-28-20/h3-6,9-11H,7-8,13-14H2,1-2H3. The number of amides is 1. The molecule has 0 radical (unpaired) electrons. The number of anilines is 1. The van der Waals surface area contributed by atoms with Crippen LogP contribution in [0.4, 0.5) is 5.69 Å². The predicted octanol–water partition coefficient (Wildman–Crippen LogP) is 4.73. The van der Waals surface area contributed by atoms with Crippen LogP contribution in [-0.4, -0.2) is 29.9 Å². The second kappa shape index (κ2) is 9.41. The molecule has 0 saturated carbocycles. The fraction of sp³-hybridized carbons (Fsp3) is 0.261. The third-order valence-corrected chi connectivity index (χ3v) is 6.61. The smallest absolute Gasteiger partial charge is 0.237 e. The first-order chi connectivity index (χ1) is 15.0. The van der Waals surface area contributed by atoms with Gasteiger partial charge >= 0.3 is 0 Å². The minimum absolute atomic E-state index is 0.0695. The largest absolute Gasteiger partial charge is 0.486 e. The molecule has 8 heteroatoms. The molecular weight excluding hydrogens is 430 g/mol. The molecule has 0 saturated heterocycles. The molecule has 1 aliphatic rings. The van der Waals surface area contributed by atoms with Gasteiger partial charge in [-0.25, -0.2) is 4.98 Å². The number of thiophene rings is 1. The second-order valence-corrected chi connectivity index (χ2v) is 9.04. The summed E-state index contributed by atoms with van der Waals surface area (Å²) in [5.41, 5.74) is 2.96. The van der Waals surface area contributed by atoms with Gasteiger partial charge in [-0.3, -0.25) is 4.79 Å². The molecule has 1 aromatic carbocycles. The van der Waals surface area contributed by atoms with Gasteiger partial charge in [0, 0.05) is 22.3 Å². The van der Waals surface area contributed by atoms with Crippen molar-refractivity contribution >= 4 is 34.7 Å². The minimum Gasteiger partial charge on any atom is -0.486 e. The first-order valence-corrected chi connectivity index (χ1v) is 11.6. The Morgan fingerprint density at radius 2 is 2.03 bits per heavy atom. The van der Waals surface area contributed by atoms with Gasteiger partial charge in [0.05, 0.1) is 17.9 Å². The lowest BCUT2D eigenvalue weighted by molar-refractivity contribution is -0.116. The van der Waals surface area contributed by atoms with E-state index in [9.17, 15) is 10.1 Å². The summed E-state index contributed by atoms with van der Waals surface area (Å²) in [6.07, 6.45) is 0. The van der Waals surface area contributed by atoms with Crippen LogP contribution in [0.25, 0.3) is 0 Å². The fourth-order valence-electron chi connectivity index (χ4n) is 3.33. The molecule has 6 nitrogen and oxygen atoms in total. The highest BCUT2D eigenvalue weighted by molar-refractivity contribution is 8.00. The number of hydrogen-bond acceptors (Lipinski definition) is 7. The average molecular weight is 452 g/mol. The lowest BCUT2D eigenvalue weighted by atomic mass is 10.1. The van der Waals surface area contributed by atoms with E-state index in [0.29, 0.717) is 41.8 Å². The summed E-state index contributed by atoms with van der Waals surface area (Å²) >= 11 is 2.90. The van der Waals surface area contributed by atoms with Gasteiger partial charge in [0.2, 0.25) is 5.91 Å². The van der Waals surface area contributed by atoms with Crippen molar-refractivity contribution in [1.82, 2.24) is 4.98 Å². The Morgan fingerprint density at radius 1 is 1.23 bits per heavy atom. The van der Waals surface area contributed by atoms with Gasteiger partial charge in [-0.15, -0.1) is 11.3 Å². The number of aromatic nitrogens is 1. The molecule has 3 aromatic rings. The Morgan fingerprint density at radius 3 is 2.77 bits per heavy atom. The van der Waals surface area contributed by atoms with Crippen LogP contribution in [-0.2, 0) is 11.3 Å². The number of fused-ring (bicyclic) bond motifs is 1. The van der Waals surface area contributed by atoms with Crippen molar-refractivity contribution in [2.75, 3.05) is 23.9 Å². The van der Waals surface area contributed by atoms with Crippen molar-refractivity contribution in [3.63, 3.8) is 0 Å². The third kappa shape index (κ3) is 4.84. The molecule has 0 bridgehead atoms. The Balaban J connectivity index is 1.59. The van der Waals surface area contributed by atoms with Crippen molar-refractivity contribution in [2.45, 2.75) is 25.4 Å². The third-order valence-electron chi connectivity index (χ3n) is 4.79. The number of carbonyl (C=O) groups is 1.